The highest BCUT2D eigenvalue weighted by atomic mass is 19.3. The van der Waals surface area contributed by atoms with Gasteiger partial charge >= 0.3 is 6.29 Å². The molecule has 2 aromatic rings. The number of para-hydroxylation sites is 1. The number of rotatable bonds is 4. The van der Waals surface area contributed by atoms with Crippen molar-refractivity contribution >= 4 is 0 Å². The van der Waals surface area contributed by atoms with Crippen LogP contribution in [-0.2, 0) is 4.74 Å². The molecule has 138 valence electrons. The van der Waals surface area contributed by atoms with Crippen LogP contribution in [0.15, 0.2) is 42.5 Å². The van der Waals surface area contributed by atoms with Crippen LogP contribution in [0.4, 0.5) is 8.78 Å². The van der Waals surface area contributed by atoms with Crippen molar-refractivity contribution in [1.82, 2.24) is 4.90 Å². The highest BCUT2D eigenvalue weighted by molar-refractivity contribution is 5.74. The second-order valence-corrected chi connectivity index (χ2v) is 6.35. The van der Waals surface area contributed by atoms with Crippen molar-refractivity contribution in [2.75, 3.05) is 32.8 Å². The Morgan fingerprint density at radius 1 is 1.04 bits per heavy atom. The zero-order chi connectivity index (χ0) is 18.1. The number of nitrogens with zero attached hydrogens (tertiary/aromatic N) is 1. The molecule has 7 heteroatoms. The smallest absolute Gasteiger partial charge is 0.395 e. The van der Waals surface area contributed by atoms with E-state index in [1.165, 1.54) is 6.07 Å². The third-order valence-corrected chi connectivity index (χ3v) is 4.57. The van der Waals surface area contributed by atoms with Gasteiger partial charge in [0, 0.05) is 25.2 Å². The Balaban J connectivity index is 1.51. The number of ether oxygens (including phenoxy) is 3. The van der Waals surface area contributed by atoms with E-state index in [2.05, 4.69) is 14.4 Å². The number of aliphatic hydroxyl groups excluding tert-OH is 1. The summed E-state index contributed by atoms with van der Waals surface area (Å²) in [4.78, 5) is 2.15. The third-order valence-electron chi connectivity index (χ3n) is 4.57. The minimum atomic E-state index is -3.65. The second kappa shape index (κ2) is 6.83. The summed E-state index contributed by atoms with van der Waals surface area (Å²) in [6, 6.07) is 11.9. The molecule has 0 radical (unpaired) electrons. The fourth-order valence-corrected chi connectivity index (χ4v) is 3.22. The zero-order valence-electron chi connectivity index (χ0n) is 14.0. The van der Waals surface area contributed by atoms with Crippen LogP contribution in [0, 0.1) is 0 Å². The van der Waals surface area contributed by atoms with Gasteiger partial charge < -0.3 is 19.3 Å². The monoisotopic (exact) mass is 363 g/mol. The summed E-state index contributed by atoms with van der Waals surface area (Å²) < 4.78 is 41.1. The molecule has 0 aliphatic carbocycles. The minimum absolute atomic E-state index is 0.0175. The predicted molar refractivity (Wildman–Crippen MR) is 90.3 cm³/mol. The van der Waals surface area contributed by atoms with E-state index in [1.807, 2.05) is 0 Å². The van der Waals surface area contributed by atoms with E-state index >= 15 is 0 Å². The summed E-state index contributed by atoms with van der Waals surface area (Å²) in [7, 11) is 0. The van der Waals surface area contributed by atoms with Crippen molar-refractivity contribution in [2.24, 2.45) is 0 Å². The number of aliphatic hydroxyl groups is 1. The summed E-state index contributed by atoms with van der Waals surface area (Å²) in [5.74, 6) is 0.0445. The molecule has 2 heterocycles. The normalized spacial score (nSPS) is 20.1. The summed E-state index contributed by atoms with van der Waals surface area (Å²) >= 11 is 0. The van der Waals surface area contributed by atoms with E-state index in [0.29, 0.717) is 30.9 Å². The van der Waals surface area contributed by atoms with Crippen molar-refractivity contribution in [1.29, 1.82) is 0 Å². The van der Waals surface area contributed by atoms with Gasteiger partial charge in [-0.1, -0.05) is 36.4 Å². The van der Waals surface area contributed by atoms with Gasteiger partial charge in [0.25, 0.3) is 0 Å². The summed E-state index contributed by atoms with van der Waals surface area (Å²) in [5, 5.41) is 10.4. The summed E-state index contributed by atoms with van der Waals surface area (Å²) in [6.07, 6.45) is -4.26. The van der Waals surface area contributed by atoms with Crippen molar-refractivity contribution in [3.05, 3.63) is 48.0 Å². The molecular weight excluding hydrogens is 344 g/mol. The molecule has 0 amide bonds. The van der Waals surface area contributed by atoms with Gasteiger partial charge in [-0.05, 0) is 17.2 Å². The van der Waals surface area contributed by atoms with Crippen molar-refractivity contribution in [3.8, 4) is 22.6 Å². The van der Waals surface area contributed by atoms with E-state index in [-0.39, 0.29) is 11.5 Å². The van der Waals surface area contributed by atoms with Crippen LogP contribution < -0.4 is 9.47 Å². The van der Waals surface area contributed by atoms with E-state index in [0.717, 1.165) is 18.7 Å². The number of hydrogen-bond acceptors (Lipinski definition) is 5. The zero-order valence-corrected chi connectivity index (χ0v) is 14.0. The summed E-state index contributed by atoms with van der Waals surface area (Å²) in [5.41, 5.74) is 2.01. The molecule has 0 saturated carbocycles. The van der Waals surface area contributed by atoms with Crippen molar-refractivity contribution in [2.45, 2.75) is 12.4 Å². The highest BCUT2D eigenvalue weighted by Gasteiger charge is 2.44. The maximum Gasteiger partial charge on any atom is 0.586 e. The molecule has 4 rings (SSSR count). The largest absolute Gasteiger partial charge is 0.586 e. The number of β-amino-alcohol motifs (C(OH)–C–C–N with tert-alkyl or cyclic N) is 1. The van der Waals surface area contributed by atoms with Crippen LogP contribution >= 0.6 is 0 Å². The molecule has 0 unspecified atom stereocenters. The maximum absolute atomic E-state index is 13.3. The Labute approximate surface area is 149 Å². The predicted octanol–water partition coefficient (Wildman–Crippen LogP) is 3.04. The molecule has 2 aliphatic rings. The minimum Gasteiger partial charge on any atom is -0.395 e. The van der Waals surface area contributed by atoms with Crippen LogP contribution in [0.5, 0.6) is 11.5 Å². The fraction of sp³-hybridized carbons (Fsp3) is 0.368. The van der Waals surface area contributed by atoms with E-state index in [4.69, 9.17) is 4.74 Å². The molecule has 5 nitrogen and oxygen atoms in total. The van der Waals surface area contributed by atoms with Gasteiger partial charge in [0.05, 0.1) is 19.3 Å². The molecule has 1 atom stereocenters. The number of fused-ring (bicyclic) bond motifs is 1. The molecule has 2 aromatic carbocycles. The molecular formula is C19H19F2NO4. The standard InChI is InChI=1S/C19H19F2NO4/c20-19(21)25-17-3-1-2-15(18(17)26-19)13-4-6-14(7-5-13)16(23)12-22-8-10-24-11-9-22/h1-7,16,23H,8-12H2/t16-/m0/s1. The van der Waals surface area contributed by atoms with Gasteiger partial charge in [-0.3, -0.25) is 4.90 Å². The first-order valence-corrected chi connectivity index (χ1v) is 8.49. The van der Waals surface area contributed by atoms with Crippen molar-refractivity contribution in [3.63, 3.8) is 0 Å². The SMILES string of the molecule is O[C@@H](CN1CCOCC1)c1ccc(-c2cccc3c2OC(F)(F)O3)cc1. The van der Waals surface area contributed by atoms with Crippen LogP contribution in [0.25, 0.3) is 11.1 Å². The number of morpholine rings is 1. The molecule has 26 heavy (non-hydrogen) atoms. The Morgan fingerprint density at radius 2 is 1.77 bits per heavy atom. The molecule has 1 fully saturated rings. The molecule has 0 bridgehead atoms. The first-order valence-electron chi connectivity index (χ1n) is 8.49. The second-order valence-electron chi connectivity index (χ2n) is 6.35. The molecule has 2 aliphatic heterocycles. The van der Waals surface area contributed by atoms with Crippen molar-refractivity contribution < 1.29 is 28.1 Å². The van der Waals surface area contributed by atoms with Crippen LogP contribution in [-0.4, -0.2) is 49.1 Å². The van der Waals surface area contributed by atoms with Gasteiger partial charge in [-0.2, -0.15) is 0 Å². The van der Waals surface area contributed by atoms with Gasteiger partial charge in [0.1, 0.15) is 0 Å². The Bertz CT molecular complexity index is 776. The molecule has 1 saturated heterocycles. The molecule has 1 N–H and O–H groups in total. The lowest BCUT2D eigenvalue weighted by molar-refractivity contribution is -0.286. The quantitative estimate of drug-likeness (QED) is 0.905. The highest BCUT2D eigenvalue weighted by Crippen LogP contribution is 2.46. The van der Waals surface area contributed by atoms with Gasteiger partial charge in [0.2, 0.25) is 0 Å². The lowest BCUT2D eigenvalue weighted by Crippen LogP contribution is -2.38. The number of halogens is 2. The number of alkyl halides is 2. The van der Waals surface area contributed by atoms with E-state index in [9.17, 15) is 13.9 Å². The Kier molecular flexibility index (Phi) is 4.52. The van der Waals surface area contributed by atoms with E-state index < -0.39 is 12.4 Å². The Morgan fingerprint density at radius 3 is 2.50 bits per heavy atom. The molecule has 0 spiro atoms. The van der Waals surface area contributed by atoms with E-state index in [1.54, 1.807) is 36.4 Å². The number of benzene rings is 2. The van der Waals surface area contributed by atoms with Gasteiger partial charge in [-0.25, -0.2) is 0 Å². The van der Waals surface area contributed by atoms with Crippen LogP contribution in [0.3, 0.4) is 0 Å². The average Bonchev–Trinajstić information content (AvgIpc) is 2.96. The fourth-order valence-electron chi connectivity index (χ4n) is 3.22. The third kappa shape index (κ3) is 3.51. The lowest BCUT2D eigenvalue weighted by Gasteiger charge is -2.28. The Hall–Kier alpha value is -2.22. The maximum atomic E-state index is 13.3. The van der Waals surface area contributed by atoms with Gasteiger partial charge in [-0.15, -0.1) is 8.78 Å². The first kappa shape index (κ1) is 17.2. The van der Waals surface area contributed by atoms with Crippen LogP contribution in [0.2, 0.25) is 0 Å². The summed E-state index contributed by atoms with van der Waals surface area (Å²) in [6.45, 7) is 3.50. The topological polar surface area (TPSA) is 51.2 Å². The first-order chi connectivity index (χ1) is 12.5. The average molecular weight is 363 g/mol. The van der Waals surface area contributed by atoms with Gasteiger partial charge in [0.15, 0.2) is 11.5 Å². The lowest BCUT2D eigenvalue weighted by atomic mass is 10.0. The number of hydrogen-bond donors (Lipinski definition) is 1. The molecule has 0 aromatic heterocycles. The van der Waals surface area contributed by atoms with Crippen LogP contribution in [0.1, 0.15) is 11.7 Å².